The molecular weight excluding hydrogens is 220 g/mol. The smallest absolute Gasteiger partial charge is 0.0417 e. The second kappa shape index (κ2) is 4.93. The van der Waals surface area contributed by atoms with Crippen LogP contribution in [0, 0.1) is 5.92 Å². The largest absolute Gasteiger partial charge is 0.368 e. The highest BCUT2D eigenvalue weighted by Crippen LogP contribution is 2.40. The van der Waals surface area contributed by atoms with Crippen LogP contribution in [0.1, 0.15) is 50.6 Å². The van der Waals surface area contributed by atoms with Crippen molar-refractivity contribution in [2.45, 2.75) is 51.1 Å². The van der Waals surface area contributed by atoms with Crippen LogP contribution in [0.4, 0.5) is 5.69 Å². The molecule has 0 amide bonds. The lowest BCUT2D eigenvalue weighted by Crippen LogP contribution is -2.43. The molecule has 1 saturated heterocycles. The van der Waals surface area contributed by atoms with Crippen LogP contribution < -0.4 is 10.6 Å². The van der Waals surface area contributed by atoms with Gasteiger partial charge in [-0.05, 0) is 50.2 Å². The Morgan fingerprint density at radius 3 is 2.78 bits per heavy atom. The minimum Gasteiger partial charge on any atom is -0.368 e. The average Bonchev–Trinajstić information content (AvgIpc) is 2.86. The van der Waals surface area contributed by atoms with Crippen molar-refractivity contribution in [3.8, 4) is 0 Å². The molecule has 3 rings (SSSR count). The molecular formula is C16H24N2. The fourth-order valence-electron chi connectivity index (χ4n) is 3.89. The maximum absolute atomic E-state index is 6.13. The van der Waals surface area contributed by atoms with Gasteiger partial charge in [0.1, 0.15) is 0 Å². The lowest BCUT2D eigenvalue weighted by molar-refractivity contribution is 0.361. The van der Waals surface area contributed by atoms with Crippen molar-refractivity contribution in [3.63, 3.8) is 0 Å². The van der Waals surface area contributed by atoms with Crippen molar-refractivity contribution in [1.29, 1.82) is 0 Å². The topological polar surface area (TPSA) is 29.3 Å². The molecule has 1 aliphatic carbocycles. The number of rotatable bonds is 2. The molecule has 1 saturated carbocycles. The quantitative estimate of drug-likeness (QED) is 0.863. The van der Waals surface area contributed by atoms with Crippen molar-refractivity contribution < 1.29 is 0 Å². The number of fused-ring (bicyclic) bond motifs is 1. The van der Waals surface area contributed by atoms with E-state index in [9.17, 15) is 0 Å². The normalized spacial score (nSPS) is 29.1. The van der Waals surface area contributed by atoms with Gasteiger partial charge in [-0.25, -0.2) is 0 Å². The molecule has 98 valence electrons. The Morgan fingerprint density at radius 2 is 1.94 bits per heavy atom. The molecule has 2 nitrogen and oxygen atoms in total. The van der Waals surface area contributed by atoms with Crippen LogP contribution >= 0.6 is 0 Å². The summed E-state index contributed by atoms with van der Waals surface area (Å²) < 4.78 is 0. The van der Waals surface area contributed by atoms with E-state index in [0.717, 1.165) is 12.0 Å². The van der Waals surface area contributed by atoms with Gasteiger partial charge in [-0.2, -0.15) is 0 Å². The minimum atomic E-state index is 0.128. The molecule has 1 aromatic rings. The summed E-state index contributed by atoms with van der Waals surface area (Å²) in [6, 6.07) is 9.62. The molecule has 2 aliphatic rings. The first-order valence-electron chi connectivity index (χ1n) is 7.38. The van der Waals surface area contributed by atoms with Crippen LogP contribution in [-0.2, 0) is 0 Å². The number of hydrogen-bond acceptors (Lipinski definition) is 2. The van der Waals surface area contributed by atoms with E-state index in [1.807, 2.05) is 0 Å². The predicted octanol–water partition coefficient (Wildman–Crippen LogP) is 3.48. The van der Waals surface area contributed by atoms with E-state index < -0.39 is 0 Å². The number of para-hydroxylation sites is 1. The van der Waals surface area contributed by atoms with Crippen molar-refractivity contribution in [3.05, 3.63) is 29.8 Å². The molecule has 2 N–H and O–H groups in total. The van der Waals surface area contributed by atoms with Crippen molar-refractivity contribution >= 4 is 5.69 Å². The zero-order valence-electron chi connectivity index (χ0n) is 11.3. The highest BCUT2D eigenvalue weighted by Gasteiger charge is 2.35. The minimum absolute atomic E-state index is 0.128. The summed E-state index contributed by atoms with van der Waals surface area (Å²) in [7, 11) is 0. The summed E-state index contributed by atoms with van der Waals surface area (Å²) >= 11 is 0. The highest BCUT2D eigenvalue weighted by atomic mass is 15.2. The van der Waals surface area contributed by atoms with Gasteiger partial charge in [-0.15, -0.1) is 0 Å². The first-order valence-corrected chi connectivity index (χ1v) is 7.38. The van der Waals surface area contributed by atoms with Crippen molar-refractivity contribution in [2.24, 2.45) is 11.7 Å². The second-order valence-corrected chi connectivity index (χ2v) is 5.94. The van der Waals surface area contributed by atoms with Crippen molar-refractivity contribution in [2.75, 3.05) is 11.4 Å². The predicted molar refractivity (Wildman–Crippen MR) is 76.8 cm³/mol. The van der Waals surface area contributed by atoms with Gasteiger partial charge in [-0.3, -0.25) is 0 Å². The molecule has 0 aromatic heterocycles. The Bertz CT molecular complexity index is 413. The number of nitrogens with zero attached hydrogens (tertiary/aromatic N) is 1. The van der Waals surface area contributed by atoms with Crippen LogP contribution in [0.2, 0.25) is 0 Å². The van der Waals surface area contributed by atoms with Gasteiger partial charge in [0.2, 0.25) is 0 Å². The lowest BCUT2D eigenvalue weighted by Gasteiger charge is -2.40. The first kappa shape index (κ1) is 12.0. The summed E-state index contributed by atoms with van der Waals surface area (Å²) in [5.74, 6) is 0.930. The highest BCUT2D eigenvalue weighted by molar-refractivity contribution is 5.56. The zero-order chi connectivity index (χ0) is 12.5. The Hall–Kier alpha value is -1.02. The number of anilines is 1. The van der Waals surface area contributed by atoms with E-state index in [0.29, 0.717) is 0 Å². The van der Waals surface area contributed by atoms with Crippen LogP contribution in [0.25, 0.3) is 0 Å². The third-order valence-electron chi connectivity index (χ3n) is 4.73. The second-order valence-electron chi connectivity index (χ2n) is 5.94. The van der Waals surface area contributed by atoms with E-state index in [2.05, 4.69) is 36.1 Å². The van der Waals surface area contributed by atoms with Gasteiger partial charge in [0.05, 0.1) is 0 Å². The Labute approximate surface area is 110 Å². The zero-order valence-corrected chi connectivity index (χ0v) is 11.3. The summed E-state index contributed by atoms with van der Waals surface area (Å²) in [4.78, 5) is 2.65. The molecule has 18 heavy (non-hydrogen) atoms. The molecule has 0 radical (unpaired) electrons. The van der Waals surface area contributed by atoms with Crippen LogP contribution in [-0.4, -0.2) is 12.6 Å². The summed E-state index contributed by atoms with van der Waals surface area (Å²) in [6.45, 7) is 3.31. The summed E-state index contributed by atoms with van der Waals surface area (Å²) in [5.41, 5.74) is 8.83. The fraction of sp³-hybridized carbons (Fsp3) is 0.625. The molecule has 2 heteroatoms. The molecule has 1 heterocycles. The molecule has 0 bridgehead atoms. The Morgan fingerprint density at radius 1 is 1.17 bits per heavy atom. The standard InChI is InChI=1S/C16H24N2/c1-12(17)14-8-2-3-9-16(14)18-11-5-7-13-6-4-10-15(13)18/h2-3,8-9,12-13,15H,4-7,10-11,17H2,1H3/t12-,13?,15?/m1/s1. The number of benzene rings is 1. The van der Waals surface area contributed by atoms with Gasteiger partial charge in [0.15, 0.2) is 0 Å². The third-order valence-corrected chi connectivity index (χ3v) is 4.73. The monoisotopic (exact) mass is 244 g/mol. The molecule has 0 spiro atoms. The summed E-state index contributed by atoms with van der Waals surface area (Å²) in [5, 5.41) is 0. The van der Waals surface area contributed by atoms with Crippen LogP contribution in [0.3, 0.4) is 0 Å². The Kier molecular flexibility index (Phi) is 3.29. The van der Waals surface area contributed by atoms with Gasteiger partial charge >= 0.3 is 0 Å². The average molecular weight is 244 g/mol. The maximum Gasteiger partial charge on any atom is 0.0417 e. The van der Waals surface area contributed by atoms with Gasteiger partial charge < -0.3 is 10.6 Å². The SMILES string of the molecule is C[C@@H](N)c1ccccc1N1CCCC2CCCC21. The number of piperidine rings is 1. The van der Waals surface area contributed by atoms with Crippen LogP contribution in [0.5, 0.6) is 0 Å². The lowest BCUT2D eigenvalue weighted by atomic mass is 9.90. The molecule has 1 aliphatic heterocycles. The fourth-order valence-corrected chi connectivity index (χ4v) is 3.89. The molecule has 1 aromatic carbocycles. The van der Waals surface area contributed by atoms with Gasteiger partial charge in [-0.1, -0.05) is 24.6 Å². The van der Waals surface area contributed by atoms with E-state index in [1.165, 1.54) is 49.9 Å². The third kappa shape index (κ3) is 2.03. The van der Waals surface area contributed by atoms with E-state index in [-0.39, 0.29) is 6.04 Å². The molecule has 2 fully saturated rings. The van der Waals surface area contributed by atoms with Crippen molar-refractivity contribution in [1.82, 2.24) is 0 Å². The molecule has 2 unspecified atom stereocenters. The van der Waals surface area contributed by atoms with E-state index in [4.69, 9.17) is 5.73 Å². The Balaban J connectivity index is 1.93. The molecule has 3 atom stereocenters. The first-order chi connectivity index (χ1) is 8.77. The van der Waals surface area contributed by atoms with E-state index in [1.54, 1.807) is 0 Å². The van der Waals surface area contributed by atoms with Gasteiger partial charge in [0.25, 0.3) is 0 Å². The van der Waals surface area contributed by atoms with Crippen LogP contribution in [0.15, 0.2) is 24.3 Å². The van der Waals surface area contributed by atoms with E-state index >= 15 is 0 Å². The van der Waals surface area contributed by atoms with Gasteiger partial charge in [0, 0.05) is 24.3 Å². The number of nitrogens with two attached hydrogens (primary N) is 1. The number of hydrogen-bond donors (Lipinski definition) is 1. The maximum atomic E-state index is 6.13. The summed E-state index contributed by atoms with van der Waals surface area (Å²) in [6.07, 6.45) is 6.99.